The van der Waals surface area contributed by atoms with Gasteiger partial charge in [-0.15, -0.1) is 16.2 Å². The fourth-order valence-corrected chi connectivity index (χ4v) is 4.30. The lowest BCUT2D eigenvalue weighted by Crippen LogP contribution is -2.31. The number of allylic oxidation sites excluding steroid dienone is 9. The standard InChI is InChI=1S/C28H27ClF4N4OS/c1-6-17(3)24(30)23(21(29)7-2)25(37-38)20(27-35-13-14-39-27)15-19(16-34-5)26(28(31,32)33)36-22-12-10-8-9-11-18(22)4/h7,11-16,19,24H,3,6,9H2,1-2,4-5H3/b20-15-,21-7?,25-23+,34-16?,36-26?. The van der Waals surface area contributed by atoms with Gasteiger partial charge in [-0.3, -0.25) is 4.99 Å². The number of nitrogens with zero attached hydrogens (tertiary/aromatic N) is 4. The normalized spacial score (nSPS) is 17.4. The van der Waals surface area contributed by atoms with Crippen molar-refractivity contribution in [1.29, 1.82) is 0 Å². The largest absolute Gasteiger partial charge is 0.430 e. The smallest absolute Gasteiger partial charge is 0.300 e. The summed E-state index contributed by atoms with van der Waals surface area (Å²) in [4.78, 5) is 24.2. The lowest BCUT2D eigenvalue weighted by atomic mass is 9.93. The summed E-state index contributed by atoms with van der Waals surface area (Å²) < 4.78 is 59.0. The molecule has 1 aromatic heterocycles. The fraction of sp³-hybridized carbons (Fsp3) is 0.321. The molecule has 0 fully saturated rings. The molecule has 0 aliphatic heterocycles. The van der Waals surface area contributed by atoms with Crippen LogP contribution in [0.15, 0.2) is 90.8 Å². The molecule has 11 heteroatoms. The number of rotatable bonds is 11. The van der Waals surface area contributed by atoms with Crippen LogP contribution in [0.25, 0.3) is 5.57 Å². The summed E-state index contributed by atoms with van der Waals surface area (Å²) in [7, 11) is 1.30. The fourth-order valence-electron chi connectivity index (χ4n) is 3.46. The van der Waals surface area contributed by atoms with E-state index in [0.29, 0.717) is 12.0 Å². The average Bonchev–Trinajstić information content (AvgIpc) is 3.36. The Balaban J connectivity index is 2.97. The third kappa shape index (κ3) is 8.28. The predicted octanol–water partition coefficient (Wildman–Crippen LogP) is 8.55. The quantitative estimate of drug-likeness (QED) is 0.0659. The Hall–Kier alpha value is -3.42. The second-order valence-electron chi connectivity index (χ2n) is 8.15. The molecule has 2 atom stereocenters. The van der Waals surface area contributed by atoms with E-state index in [2.05, 4.69) is 38.6 Å². The van der Waals surface area contributed by atoms with Gasteiger partial charge in [0.05, 0.1) is 11.6 Å². The maximum absolute atomic E-state index is 15.6. The monoisotopic (exact) mass is 578 g/mol. The zero-order valence-corrected chi connectivity index (χ0v) is 23.4. The first-order valence-electron chi connectivity index (χ1n) is 11.8. The molecule has 2 unspecified atom stereocenters. The number of nitroso groups, excluding NO2 is 1. The van der Waals surface area contributed by atoms with E-state index in [4.69, 9.17) is 11.6 Å². The van der Waals surface area contributed by atoms with E-state index in [1.54, 1.807) is 25.3 Å². The van der Waals surface area contributed by atoms with E-state index in [0.717, 1.165) is 23.6 Å². The van der Waals surface area contributed by atoms with Crippen LogP contribution in [0.1, 0.15) is 38.6 Å². The molecular weight excluding hydrogens is 552 g/mol. The molecular formula is C28H27ClF4N4OS. The van der Waals surface area contributed by atoms with Gasteiger partial charge in [0.2, 0.25) is 0 Å². The van der Waals surface area contributed by atoms with Gasteiger partial charge in [0.25, 0.3) is 0 Å². The van der Waals surface area contributed by atoms with Gasteiger partial charge in [0, 0.05) is 53.5 Å². The molecule has 0 bridgehead atoms. The SMILES string of the molecule is C=C(CC)C(F)/C(C(Cl)=CC)=C(N=O)\C(=C\C(C=NC)C(=NC1=CC#CCC=C1C)C(F)(F)F)c1nccs1. The summed E-state index contributed by atoms with van der Waals surface area (Å²) >= 11 is 7.35. The molecule has 0 amide bonds. The summed E-state index contributed by atoms with van der Waals surface area (Å²) in [5, 5.41) is 4.60. The molecule has 5 nitrogen and oxygen atoms in total. The van der Waals surface area contributed by atoms with Crippen molar-refractivity contribution in [3.8, 4) is 11.8 Å². The van der Waals surface area contributed by atoms with Crippen LogP contribution in [0.5, 0.6) is 0 Å². The predicted molar refractivity (Wildman–Crippen MR) is 152 cm³/mol. The van der Waals surface area contributed by atoms with E-state index in [1.165, 1.54) is 32.3 Å². The molecule has 0 spiro atoms. The number of thiazole rings is 1. The van der Waals surface area contributed by atoms with Crippen molar-refractivity contribution in [2.24, 2.45) is 21.1 Å². The number of hydrogen-bond donors (Lipinski definition) is 0. The van der Waals surface area contributed by atoms with Crippen LogP contribution >= 0.6 is 22.9 Å². The number of halogens is 5. The Morgan fingerprint density at radius 3 is 2.64 bits per heavy atom. The number of alkyl halides is 4. The van der Waals surface area contributed by atoms with Crippen LogP contribution in [0, 0.1) is 22.7 Å². The molecule has 206 valence electrons. The van der Waals surface area contributed by atoms with Crippen LogP contribution in [0.2, 0.25) is 0 Å². The van der Waals surface area contributed by atoms with E-state index < -0.39 is 29.7 Å². The molecule has 0 radical (unpaired) electrons. The molecule has 1 heterocycles. The van der Waals surface area contributed by atoms with Gasteiger partial charge in [0.15, 0.2) is 0 Å². The van der Waals surface area contributed by atoms with E-state index in [1.807, 2.05) is 0 Å². The van der Waals surface area contributed by atoms with Crippen molar-refractivity contribution in [3.63, 3.8) is 0 Å². The van der Waals surface area contributed by atoms with Crippen molar-refractivity contribution in [3.05, 3.63) is 85.5 Å². The van der Waals surface area contributed by atoms with Gasteiger partial charge >= 0.3 is 6.18 Å². The lowest BCUT2D eigenvalue weighted by Gasteiger charge is -2.20. The first-order chi connectivity index (χ1) is 18.5. The molecule has 2 rings (SSSR count). The van der Waals surface area contributed by atoms with Crippen LogP contribution in [-0.4, -0.2) is 36.3 Å². The number of hydrogen-bond acceptors (Lipinski definition) is 6. The third-order valence-corrected chi connectivity index (χ3v) is 6.80. The highest BCUT2D eigenvalue weighted by Crippen LogP contribution is 2.38. The molecule has 0 saturated carbocycles. The Bertz CT molecular complexity index is 1350. The molecule has 1 aliphatic rings. The number of aromatic nitrogens is 1. The molecule has 0 aromatic carbocycles. The summed E-state index contributed by atoms with van der Waals surface area (Å²) in [5.74, 6) is 3.86. The topological polar surface area (TPSA) is 67.0 Å². The van der Waals surface area contributed by atoms with Crippen LogP contribution in [0.3, 0.4) is 0 Å². The van der Waals surface area contributed by atoms with E-state index in [-0.39, 0.29) is 38.9 Å². The van der Waals surface area contributed by atoms with Crippen molar-refractivity contribution in [2.75, 3.05) is 7.05 Å². The molecule has 1 aliphatic carbocycles. The highest BCUT2D eigenvalue weighted by molar-refractivity contribution is 7.10. The lowest BCUT2D eigenvalue weighted by molar-refractivity contribution is -0.0609. The summed E-state index contributed by atoms with van der Waals surface area (Å²) in [5.41, 5.74) is -1.54. The summed E-state index contributed by atoms with van der Waals surface area (Å²) in [6.07, 6.45) is 1.65. The van der Waals surface area contributed by atoms with Gasteiger partial charge < -0.3 is 0 Å². The summed E-state index contributed by atoms with van der Waals surface area (Å²) in [6.45, 7) is 8.52. The first kappa shape index (κ1) is 31.8. The van der Waals surface area contributed by atoms with E-state index >= 15 is 4.39 Å². The average molecular weight is 579 g/mol. The zero-order chi connectivity index (χ0) is 29.2. The van der Waals surface area contributed by atoms with Crippen molar-refractivity contribution in [1.82, 2.24) is 4.98 Å². The number of aliphatic imine (C=N–C) groups is 2. The Kier molecular flexibility index (Phi) is 11.9. The van der Waals surface area contributed by atoms with Crippen LogP contribution in [-0.2, 0) is 0 Å². The minimum absolute atomic E-state index is 0.0380. The van der Waals surface area contributed by atoms with Crippen molar-refractivity contribution >= 4 is 40.4 Å². The zero-order valence-electron chi connectivity index (χ0n) is 21.8. The van der Waals surface area contributed by atoms with Gasteiger partial charge in [-0.25, -0.2) is 14.4 Å². The Morgan fingerprint density at radius 1 is 1.38 bits per heavy atom. The van der Waals surface area contributed by atoms with E-state index in [9.17, 15) is 18.1 Å². The summed E-state index contributed by atoms with van der Waals surface area (Å²) in [6, 6.07) is 0. The van der Waals surface area contributed by atoms with Crippen LogP contribution in [0.4, 0.5) is 17.6 Å². The van der Waals surface area contributed by atoms with Gasteiger partial charge in [0.1, 0.15) is 22.6 Å². The molecule has 39 heavy (non-hydrogen) atoms. The van der Waals surface area contributed by atoms with Gasteiger partial charge in [-0.1, -0.05) is 55.2 Å². The Labute approximate surface area is 234 Å². The van der Waals surface area contributed by atoms with Gasteiger partial charge in [-0.05, 0) is 36.6 Å². The Morgan fingerprint density at radius 2 is 2.10 bits per heavy atom. The third-order valence-electron chi connectivity index (χ3n) is 5.57. The first-order valence-corrected chi connectivity index (χ1v) is 13.0. The molecule has 0 saturated heterocycles. The minimum atomic E-state index is -4.90. The van der Waals surface area contributed by atoms with Crippen molar-refractivity contribution in [2.45, 2.75) is 46.0 Å². The molecule has 0 N–H and O–H groups in total. The second-order valence-corrected chi connectivity index (χ2v) is 9.45. The minimum Gasteiger partial charge on any atom is -0.300 e. The highest BCUT2D eigenvalue weighted by Gasteiger charge is 2.40. The maximum Gasteiger partial charge on any atom is 0.430 e. The van der Waals surface area contributed by atoms with Crippen LogP contribution < -0.4 is 0 Å². The second kappa shape index (κ2) is 14.7. The highest BCUT2D eigenvalue weighted by atomic mass is 35.5. The molecule has 1 aromatic rings. The van der Waals surface area contributed by atoms with Gasteiger partial charge in [-0.2, -0.15) is 13.2 Å². The maximum atomic E-state index is 15.6. The van der Waals surface area contributed by atoms with Crippen molar-refractivity contribution < 1.29 is 17.6 Å².